The molecule has 1 unspecified atom stereocenters. The first-order valence-electron chi connectivity index (χ1n) is 6.36. The van der Waals surface area contributed by atoms with Crippen molar-refractivity contribution in [3.05, 3.63) is 0 Å². The third kappa shape index (κ3) is 2.76. The first kappa shape index (κ1) is 13.5. The van der Waals surface area contributed by atoms with Gasteiger partial charge in [0.25, 0.3) is 0 Å². The first-order valence-corrected chi connectivity index (χ1v) is 6.36. The van der Waals surface area contributed by atoms with Gasteiger partial charge in [-0.25, -0.2) is 0 Å². The highest BCUT2D eigenvalue weighted by Gasteiger charge is 2.51. The maximum absolute atomic E-state index is 11.2. The van der Waals surface area contributed by atoms with Gasteiger partial charge in [-0.2, -0.15) is 0 Å². The van der Waals surface area contributed by atoms with E-state index in [4.69, 9.17) is 5.11 Å². The van der Waals surface area contributed by atoms with Gasteiger partial charge in [-0.05, 0) is 31.1 Å². The summed E-state index contributed by atoms with van der Waals surface area (Å²) in [6, 6.07) is 0. The van der Waals surface area contributed by atoms with Crippen LogP contribution in [0.4, 0.5) is 0 Å². The average molecular weight is 228 g/mol. The van der Waals surface area contributed by atoms with E-state index >= 15 is 0 Å². The van der Waals surface area contributed by atoms with Gasteiger partial charge in [0, 0.05) is 0 Å². The van der Waals surface area contributed by atoms with Gasteiger partial charge in [-0.3, -0.25) is 4.79 Å². The maximum atomic E-state index is 11.2. The Morgan fingerprint density at radius 3 is 2.38 bits per heavy atom. The van der Waals surface area contributed by atoms with Crippen LogP contribution < -0.4 is 0 Å². The quantitative estimate of drug-likeness (QED) is 0.735. The molecule has 0 radical (unpaired) electrons. The van der Waals surface area contributed by atoms with Crippen LogP contribution in [-0.2, 0) is 4.79 Å². The maximum Gasteiger partial charge on any atom is 0.309 e. The Bertz CT molecular complexity index is 242. The Kier molecular flexibility index (Phi) is 4.36. The molecule has 0 saturated heterocycles. The molecule has 1 saturated carbocycles. The van der Waals surface area contributed by atoms with Gasteiger partial charge in [-0.1, -0.05) is 33.6 Å². The molecule has 1 fully saturated rings. The van der Waals surface area contributed by atoms with Gasteiger partial charge < -0.3 is 10.2 Å². The molecule has 1 atom stereocenters. The van der Waals surface area contributed by atoms with Crippen molar-refractivity contribution in [2.75, 3.05) is 0 Å². The molecule has 1 rings (SSSR count). The molecule has 3 nitrogen and oxygen atoms in total. The normalized spacial score (nSPS) is 31.2. The van der Waals surface area contributed by atoms with Crippen molar-refractivity contribution in [2.45, 2.75) is 58.5 Å². The second kappa shape index (κ2) is 5.17. The zero-order valence-electron chi connectivity index (χ0n) is 10.6. The summed E-state index contributed by atoms with van der Waals surface area (Å²) < 4.78 is 0. The molecular formula is C13H24O3. The van der Waals surface area contributed by atoms with E-state index in [2.05, 4.69) is 13.8 Å². The van der Waals surface area contributed by atoms with Crippen LogP contribution in [0.15, 0.2) is 0 Å². The second-order valence-corrected chi connectivity index (χ2v) is 5.55. The van der Waals surface area contributed by atoms with Gasteiger partial charge in [0.1, 0.15) is 0 Å². The van der Waals surface area contributed by atoms with E-state index < -0.39 is 17.5 Å². The number of aliphatic hydroxyl groups is 1. The number of hydrogen-bond donors (Lipinski definition) is 2. The monoisotopic (exact) mass is 228 g/mol. The largest absolute Gasteiger partial charge is 0.481 e. The van der Waals surface area contributed by atoms with E-state index in [9.17, 15) is 9.90 Å². The predicted molar refractivity (Wildman–Crippen MR) is 63.2 cm³/mol. The molecule has 0 bridgehead atoms. The molecule has 1 aliphatic rings. The van der Waals surface area contributed by atoms with E-state index in [0.29, 0.717) is 31.1 Å². The van der Waals surface area contributed by atoms with Crippen molar-refractivity contribution in [1.82, 2.24) is 0 Å². The number of aliphatic carboxylic acids is 1. The van der Waals surface area contributed by atoms with Crippen molar-refractivity contribution >= 4 is 5.97 Å². The SMILES string of the molecule is CCCCC(C(=O)O)C1(O)CC(C(C)C)C1. The second-order valence-electron chi connectivity index (χ2n) is 5.55. The Labute approximate surface area is 97.9 Å². The molecule has 2 N–H and O–H groups in total. The van der Waals surface area contributed by atoms with Crippen LogP contribution in [0.2, 0.25) is 0 Å². The van der Waals surface area contributed by atoms with E-state index in [0.717, 1.165) is 12.8 Å². The number of unbranched alkanes of at least 4 members (excludes halogenated alkanes) is 1. The highest BCUT2D eigenvalue weighted by atomic mass is 16.4. The van der Waals surface area contributed by atoms with Gasteiger partial charge in [-0.15, -0.1) is 0 Å². The van der Waals surface area contributed by atoms with Gasteiger partial charge in [0.05, 0.1) is 11.5 Å². The van der Waals surface area contributed by atoms with Crippen LogP contribution in [0.1, 0.15) is 52.9 Å². The number of hydrogen-bond acceptors (Lipinski definition) is 2. The number of rotatable bonds is 6. The fourth-order valence-corrected chi connectivity index (χ4v) is 2.63. The minimum Gasteiger partial charge on any atom is -0.481 e. The summed E-state index contributed by atoms with van der Waals surface area (Å²) in [5.41, 5.74) is -0.935. The van der Waals surface area contributed by atoms with Crippen molar-refractivity contribution in [3.63, 3.8) is 0 Å². The minimum atomic E-state index is -0.935. The fraction of sp³-hybridized carbons (Fsp3) is 0.923. The van der Waals surface area contributed by atoms with Crippen LogP contribution in [0, 0.1) is 17.8 Å². The van der Waals surface area contributed by atoms with Crippen molar-refractivity contribution in [1.29, 1.82) is 0 Å². The lowest BCUT2D eigenvalue weighted by Crippen LogP contribution is -2.53. The lowest BCUT2D eigenvalue weighted by molar-refractivity contribution is -0.171. The lowest BCUT2D eigenvalue weighted by Gasteiger charge is -2.49. The Morgan fingerprint density at radius 2 is 2.00 bits per heavy atom. The Hall–Kier alpha value is -0.570. The van der Waals surface area contributed by atoms with E-state index in [-0.39, 0.29) is 0 Å². The molecule has 1 aliphatic carbocycles. The first-order chi connectivity index (χ1) is 7.40. The summed E-state index contributed by atoms with van der Waals surface area (Å²) in [7, 11) is 0. The minimum absolute atomic E-state index is 0.494. The van der Waals surface area contributed by atoms with Crippen LogP contribution >= 0.6 is 0 Å². The summed E-state index contributed by atoms with van der Waals surface area (Å²) in [6.07, 6.45) is 3.78. The number of carbonyl (C=O) groups is 1. The van der Waals surface area contributed by atoms with Crippen molar-refractivity contribution in [2.24, 2.45) is 17.8 Å². The highest BCUT2D eigenvalue weighted by molar-refractivity contribution is 5.71. The summed E-state index contributed by atoms with van der Waals surface area (Å²) in [5, 5.41) is 19.5. The van der Waals surface area contributed by atoms with Gasteiger partial charge in [0.2, 0.25) is 0 Å². The van der Waals surface area contributed by atoms with Crippen LogP contribution in [0.3, 0.4) is 0 Å². The Morgan fingerprint density at radius 1 is 1.44 bits per heavy atom. The van der Waals surface area contributed by atoms with Crippen molar-refractivity contribution in [3.8, 4) is 0 Å². The topological polar surface area (TPSA) is 57.5 Å². The smallest absolute Gasteiger partial charge is 0.309 e. The molecule has 0 aromatic rings. The zero-order valence-corrected chi connectivity index (χ0v) is 10.6. The molecule has 0 aromatic carbocycles. The molecule has 3 heteroatoms. The zero-order chi connectivity index (χ0) is 12.3. The van der Waals surface area contributed by atoms with Gasteiger partial charge >= 0.3 is 5.97 Å². The molecule has 0 heterocycles. The fourth-order valence-electron chi connectivity index (χ4n) is 2.63. The Balaban J connectivity index is 2.56. The third-order valence-electron chi connectivity index (χ3n) is 3.97. The number of carboxylic acids is 1. The summed E-state index contributed by atoms with van der Waals surface area (Å²) >= 11 is 0. The average Bonchev–Trinajstić information content (AvgIpc) is 2.13. The van der Waals surface area contributed by atoms with E-state index in [1.54, 1.807) is 0 Å². The summed E-state index contributed by atoms with van der Waals surface area (Å²) in [6.45, 7) is 6.30. The molecular weight excluding hydrogens is 204 g/mol. The molecule has 0 spiro atoms. The third-order valence-corrected chi connectivity index (χ3v) is 3.97. The molecule has 0 aliphatic heterocycles. The molecule has 0 amide bonds. The van der Waals surface area contributed by atoms with Gasteiger partial charge in [0.15, 0.2) is 0 Å². The van der Waals surface area contributed by atoms with E-state index in [1.165, 1.54) is 0 Å². The molecule has 16 heavy (non-hydrogen) atoms. The predicted octanol–water partition coefficient (Wildman–Crippen LogP) is 2.67. The summed E-state index contributed by atoms with van der Waals surface area (Å²) in [5.74, 6) is -0.366. The van der Waals surface area contributed by atoms with Crippen LogP contribution in [-0.4, -0.2) is 21.8 Å². The van der Waals surface area contributed by atoms with Crippen LogP contribution in [0.5, 0.6) is 0 Å². The van der Waals surface area contributed by atoms with Crippen molar-refractivity contribution < 1.29 is 15.0 Å². The highest BCUT2D eigenvalue weighted by Crippen LogP contribution is 2.47. The molecule has 94 valence electrons. The summed E-state index contributed by atoms with van der Waals surface area (Å²) in [4.78, 5) is 11.2. The van der Waals surface area contributed by atoms with Crippen LogP contribution in [0.25, 0.3) is 0 Å². The van der Waals surface area contributed by atoms with E-state index in [1.807, 2.05) is 6.92 Å². The lowest BCUT2D eigenvalue weighted by atomic mass is 9.60. The molecule has 0 aromatic heterocycles. The number of carboxylic acid groups (broad SMARTS) is 1. The standard InChI is InChI=1S/C13H24O3/c1-4-5-6-11(12(14)15)13(16)7-10(8-13)9(2)3/h9-11,16H,4-8H2,1-3H3,(H,14,15).